The highest BCUT2D eigenvalue weighted by atomic mass is 16.3. The molecule has 1 aliphatic heterocycles. The van der Waals surface area contributed by atoms with Gasteiger partial charge in [-0.3, -0.25) is 0 Å². The molecule has 2 N–H and O–H groups in total. The van der Waals surface area contributed by atoms with Gasteiger partial charge in [0.2, 0.25) is 0 Å². The van der Waals surface area contributed by atoms with Crippen LogP contribution in [0, 0.1) is 0 Å². The number of aliphatic hydroxyl groups excluding tert-OH is 1. The van der Waals surface area contributed by atoms with Crippen LogP contribution in [0.2, 0.25) is 0 Å². The van der Waals surface area contributed by atoms with Crippen LogP contribution in [0.3, 0.4) is 0 Å². The van der Waals surface area contributed by atoms with E-state index in [1.807, 2.05) is 6.07 Å². The number of para-hydroxylation sites is 1. The zero-order chi connectivity index (χ0) is 10.7. The minimum absolute atomic E-state index is 0.300. The molecule has 0 amide bonds. The van der Waals surface area contributed by atoms with Crippen molar-refractivity contribution in [1.82, 2.24) is 0 Å². The van der Waals surface area contributed by atoms with E-state index in [1.54, 1.807) is 0 Å². The number of unbranched alkanes of at least 4 members (excludes halogenated alkanes) is 1. The van der Waals surface area contributed by atoms with E-state index < -0.39 is 0 Å². The van der Waals surface area contributed by atoms with E-state index in [2.05, 4.69) is 24.4 Å². The van der Waals surface area contributed by atoms with Crippen LogP contribution in [0.1, 0.15) is 43.4 Å². The van der Waals surface area contributed by atoms with Gasteiger partial charge in [-0.25, -0.2) is 0 Å². The molecule has 0 radical (unpaired) electrons. The number of hydrogen-bond donors (Lipinski definition) is 2. The minimum Gasteiger partial charge on any atom is -0.388 e. The van der Waals surface area contributed by atoms with Crippen molar-refractivity contribution >= 4 is 5.69 Å². The maximum absolute atomic E-state index is 10.1. The third kappa shape index (κ3) is 2.15. The summed E-state index contributed by atoms with van der Waals surface area (Å²) in [6, 6.07) is 6.24. The van der Waals surface area contributed by atoms with Crippen molar-refractivity contribution < 1.29 is 5.11 Å². The van der Waals surface area contributed by atoms with Crippen LogP contribution in [0.5, 0.6) is 0 Å². The van der Waals surface area contributed by atoms with Crippen molar-refractivity contribution in [3.05, 3.63) is 29.3 Å². The van der Waals surface area contributed by atoms with Crippen molar-refractivity contribution in [3.8, 4) is 0 Å². The first kappa shape index (κ1) is 10.5. The van der Waals surface area contributed by atoms with Crippen molar-refractivity contribution in [1.29, 1.82) is 0 Å². The van der Waals surface area contributed by atoms with Gasteiger partial charge in [-0.2, -0.15) is 0 Å². The topological polar surface area (TPSA) is 32.3 Å². The molecule has 0 saturated heterocycles. The number of hydrogen-bond acceptors (Lipinski definition) is 2. The Morgan fingerprint density at radius 1 is 1.47 bits per heavy atom. The average molecular weight is 205 g/mol. The fraction of sp³-hybridized carbons (Fsp3) is 0.538. The average Bonchev–Trinajstić information content (AvgIpc) is 2.73. The molecule has 0 fully saturated rings. The molecule has 1 aliphatic rings. The highest BCUT2D eigenvalue weighted by molar-refractivity contribution is 5.61. The maximum atomic E-state index is 10.1. The molecule has 2 nitrogen and oxygen atoms in total. The van der Waals surface area contributed by atoms with E-state index in [4.69, 9.17) is 0 Å². The van der Waals surface area contributed by atoms with Gasteiger partial charge in [0.15, 0.2) is 0 Å². The second-order valence-corrected chi connectivity index (χ2v) is 4.22. The summed E-state index contributed by atoms with van der Waals surface area (Å²) in [6.45, 7) is 3.16. The van der Waals surface area contributed by atoms with E-state index in [1.165, 1.54) is 11.3 Å². The SMILES string of the molecule is CCCCC(O)c1cccc2c1NCC2. The lowest BCUT2D eigenvalue weighted by Gasteiger charge is -2.14. The van der Waals surface area contributed by atoms with Crippen LogP contribution in [0.25, 0.3) is 0 Å². The second-order valence-electron chi connectivity index (χ2n) is 4.22. The molecular weight excluding hydrogens is 186 g/mol. The lowest BCUT2D eigenvalue weighted by atomic mass is 9.99. The summed E-state index contributed by atoms with van der Waals surface area (Å²) in [4.78, 5) is 0. The number of rotatable bonds is 4. The smallest absolute Gasteiger partial charge is 0.0810 e. The van der Waals surface area contributed by atoms with Gasteiger partial charge < -0.3 is 10.4 Å². The third-order valence-corrected chi connectivity index (χ3v) is 3.07. The first-order valence-corrected chi connectivity index (χ1v) is 5.86. The molecule has 1 aromatic carbocycles. The summed E-state index contributed by atoms with van der Waals surface area (Å²) < 4.78 is 0. The van der Waals surface area contributed by atoms with Crippen molar-refractivity contribution in [2.24, 2.45) is 0 Å². The fourth-order valence-corrected chi connectivity index (χ4v) is 2.20. The molecule has 2 rings (SSSR count). The van der Waals surface area contributed by atoms with Gasteiger partial charge in [0.25, 0.3) is 0 Å². The summed E-state index contributed by atoms with van der Waals surface area (Å²) in [7, 11) is 0. The Morgan fingerprint density at radius 2 is 2.33 bits per heavy atom. The Balaban J connectivity index is 2.17. The lowest BCUT2D eigenvalue weighted by molar-refractivity contribution is 0.165. The second kappa shape index (κ2) is 4.67. The number of aliphatic hydroxyl groups is 1. The van der Waals surface area contributed by atoms with Gasteiger partial charge in [0, 0.05) is 17.8 Å². The Labute approximate surface area is 91.3 Å². The van der Waals surface area contributed by atoms with E-state index in [0.717, 1.165) is 37.8 Å². The lowest BCUT2D eigenvalue weighted by Crippen LogP contribution is -2.02. The first-order valence-electron chi connectivity index (χ1n) is 5.86. The van der Waals surface area contributed by atoms with Crippen LogP contribution in [-0.4, -0.2) is 11.7 Å². The Bertz CT molecular complexity index is 335. The van der Waals surface area contributed by atoms with Gasteiger partial charge in [-0.15, -0.1) is 0 Å². The molecule has 2 heteroatoms. The van der Waals surface area contributed by atoms with Crippen LogP contribution >= 0.6 is 0 Å². The largest absolute Gasteiger partial charge is 0.388 e. The maximum Gasteiger partial charge on any atom is 0.0810 e. The predicted octanol–water partition coefficient (Wildman–Crippen LogP) is 2.88. The van der Waals surface area contributed by atoms with Crippen LogP contribution in [0.15, 0.2) is 18.2 Å². The fourth-order valence-electron chi connectivity index (χ4n) is 2.20. The molecule has 82 valence electrons. The molecule has 1 unspecified atom stereocenters. The predicted molar refractivity (Wildman–Crippen MR) is 63.1 cm³/mol. The van der Waals surface area contributed by atoms with Gasteiger partial charge in [0.1, 0.15) is 0 Å². The monoisotopic (exact) mass is 205 g/mol. The molecule has 1 atom stereocenters. The summed E-state index contributed by atoms with van der Waals surface area (Å²) in [5.41, 5.74) is 3.61. The molecule has 1 heterocycles. The number of anilines is 1. The first-order chi connectivity index (χ1) is 7.33. The van der Waals surface area contributed by atoms with E-state index >= 15 is 0 Å². The normalized spacial score (nSPS) is 15.9. The molecule has 0 bridgehead atoms. The van der Waals surface area contributed by atoms with Crippen molar-refractivity contribution in [2.45, 2.75) is 38.7 Å². The number of benzene rings is 1. The van der Waals surface area contributed by atoms with Crippen LogP contribution in [-0.2, 0) is 6.42 Å². The Hall–Kier alpha value is -1.02. The van der Waals surface area contributed by atoms with E-state index in [9.17, 15) is 5.11 Å². The van der Waals surface area contributed by atoms with Crippen molar-refractivity contribution in [3.63, 3.8) is 0 Å². The van der Waals surface area contributed by atoms with Crippen LogP contribution in [0.4, 0.5) is 5.69 Å². The zero-order valence-electron chi connectivity index (χ0n) is 9.29. The highest BCUT2D eigenvalue weighted by Crippen LogP contribution is 2.32. The Morgan fingerprint density at radius 3 is 3.13 bits per heavy atom. The van der Waals surface area contributed by atoms with E-state index in [-0.39, 0.29) is 6.10 Å². The van der Waals surface area contributed by atoms with Crippen molar-refractivity contribution in [2.75, 3.05) is 11.9 Å². The number of nitrogens with one attached hydrogen (secondary N) is 1. The molecular formula is C13H19NO. The standard InChI is InChI=1S/C13H19NO/c1-2-3-7-12(15)11-6-4-5-10-8-9-14-13(10)11/h4-6,12,14-15H,2-3,7-9H2,1H3. The van der Waals surface area contributed by atoms with Crippen LogP contribution < -0.4 is 5.32 Å². The molecule has 0 aliphatic carbocycles. The molecule has 15 heavy (non-hydrogen) atoms. The van der Waals surface area contributed by atoms with Gasteiger partial charge in [-0.05, 0) is 18.4 Å². The molecule has 0 aromatic heterocycles. The quantitative estimate of drug-likeness (QED) is 0.792. The van der Waals surface area contributed by atoms with E-state index in [0.29, 0.717) is 0 Å². The Kier molecular flexibility index (Phi) is 3.27. The summed E-state index contributed by atoms with van der Waals surface area (Å²) in [5, 5.41) is 13.4. The summed E-state index contributed by atoms with van der Waals surface area (Å²) in [6.07, 6.45) is 3.88. The minimum atomic E-state index is -0.300. The summed E-state index contributed by atoms with van der Waals surface area (Å²) in [5.74, 6) is 0. The summed E-state index contributed by atoms with van der Waals surface area (Å²) >= 11 is 0. The van der Waals surface area contributed by atoms with Gasteiger partial charge in [0.05, 0.1) is 6.10 Å². The molecule has 0 spiro atoms. The molecule has 1 aromatic rings. The third-order valence-electron chi connectivity index (χ3n) is 3.07. The highest BCUT2D eigenvalue weighted by Gasteiger charge is 2.17. The van der Waals surface area contributed by atoms with Gasteiger partial charge >= 0.3 is 0 Å². The van der Waals surface area contributed by atoms with Gasteiger partial charge in [-0.1, -0.05) is 38.0 Å². The molecule has 0 saturated carbocycles. The number of fused-ring (bicyclic) bond motifs is 1. The zero-order valence-corrected chi connectivity index (χ0v) is 9.29.